The summed E-state index contributed by atoms with van der Waals surface area (Å²) in [5, 5.41) is 6.00. The molecule has 1 aromatic heterocycles. The maximum Gasteiger partial charge on any atom is 0.236 e. The monoisotopic (exact) mass is 255 g/mol. The van der Waals surface area contributed by atoms with Crippen LogP contribution in [0, 0.1) is 12.8 Å². The van der Waals surface area contributed by atoms with E-state index < -0.39 is 0 Å². The van der Waals surface area contributed by atoms with Crippen LogP contribution in [0.1, 0.15) is 30.8 Å². The highest BCUT2D eigenvalue weighted by Crippen LogP contribution is 2.13. The topological polar surface area (TPSA) is 54.0 Å². The van der Waals surface area contributed by atoms with Crippen LogP contribution in [0.15, 0.2) is 5.51 Å². The van der Waals surface area contributed by atoms with Crippen LogP contribution in [-0.2, 0) is 11.3 Å². The number of thiazole rings is 1. The Morgan fingerprint density at radius 3 is 2.71 bits per heavy atom. The van der Waals surface area contributed by atoms with Gasteiger partial charge in [-0.05, 0) is 19.3 Å². The molecule has 0 aromatic carbocycles. The molecule has 1 heterocycles. The van der Waals surface area contributed by atoms with Crippen molar-refractivity contribution in [3.8, 4) is 0 Å². The number of carbonyl (C=O) groups is 1. The zero-order valence-corrected chi connectivity index (χ0v) is 11.7. The van der Waals surface area contributed by atoms with Gasteiger partial charge in [0.2, 0.25) is 5.91 Å². The van der Waals surface area contributed by atoms with E-state index in [0.717, 1.165) is 12.1 Å². The number of amides is 1. The molecular formula is C12H21N3OS. The van der Waals surface area contributed by atoms with Crippen LogP contribution in [0.5, 0.6) is 0 Å². The summed E-state index contributed by atoms with van der Waals surface area (Å²) in [5.41, 5.74) is 2.88. The molecule has 0 saturated carbocycles. The minimum Gasteiger partial charge on any atom is -0.358 e. The fourth-order valence-electron chi connectivity index (χ4n) is 1.64. The van der Waals surface area contributed by atoms with Gasteiger partial charge in [-0.1, -0.05) is 13.8 Å². The first-order valence-corrected chi connectivity index (χ1v) is 6.76. The number of nitrogens with one attached hydrogen (secondary N) is 2. The van der Waals surface area contributed by atoms with E-state index in [9.17, 15) is 4.79 Å². The van der Waals surface area contributed by atoms with Crippen LogP contribution in [0.2, 0.25) is 0 Å². The van der Waals surface area contributed by atoms with Crippen molar-refractivity contribution in [1.29, 1.82) is 0 Å². The first kappa shape index (κ1) is 14.1. The van der Waals surface area contributed by atoms with Crippen molar-refractivity contribution in [2.75, 3.05) is 7.05 Å². The summed E-state index contributed by atoms with van der Waals surface area (Å²) < 4.78 is 0. The lowest BCUT2D eigenvalue weighted by atomic mass is 10.0. The summed E-state index contributed by atoms with van der Waals surface area (Å²) in [4.78, 5) is 17.1. The third-order valence-corrected chi connectivity index (χ3v) is 3.56. The smallest absolute Gasteiger partial charge is 0.236 e. The van der Waals surface area contributed by atoms with Gasteiger partial charge in [-0.3, -0.25) is 4.79 Å². The maximum atomic E-state index is 11.7. The summed E-state index contributed by atoms with van der Waals surface area (Å²) >= 11 is 1.62. The summed E-state index contributed by atoms with van der Waals surface area (Å²) in [6, 6.07) is -0.124. The predicted molar refractivity (Wildman–Crippen MR) is 71.0 cm³/mol. The molecule has 0 aliphatic carbocycles. The largest absolute Gasteiger partial charge is 0.358 e. The lowest BCUT2D eigenvalue weighted by molar-refractivity contribution is -0.123. The van der Waals surface area contributed by atoms with Gasteiger partial charge >= 0.3 is 0 Å². The van der Waals surface area contributed by atoms with Crippen molar-refractivity contribution in [1.82, 2.24) is 15.6 Å². The Morgan fingerprint density at radius 1 is 1.53 bits per heavy atom. The predicted octanol–water partition coefficient (Wildman–Crippen LogP) is 1.70. The summed E-state index contributed by atoms with van der Waals surface area (Å²) in [6.07, 6.45) is 0.845. The van der Waals surface area contributed by atoms with Crippen LogP contribution >= 0.6 is 11.3 Å². The third kappa shape index (κ3) is 4.44. The Balaban J connectivity index is 2.55. The SMILES string of the molecule is CNC(=O)C(CC(C)C)NCc1scnc1C. The molecule has 4 nitrogen and oxygen atoms in total. The molecule has 0 fully saturated rings. The molecule has 2 N–H and O–H groups in total. The Morgan fingerprint density at radius 2 is 2.24 bits per heavy atom. The molecule has 96 valence electrons. The number of hydrogen-bond acceptors (Lipinski definition) is 4. The van der Waals surface area contributed by atoms with Gasteiger partial charge in [0.25, 0.3) is 0 Å². The van der Waals surface area contributed by atoms with Crippen LogP contribution in [0.25, 0.3) is 0 Å². The van der Waals surface area contributed by atoms with Gasteiger partial charge in [0.05, 0.1) is 17.2 Å². The van der Waals surface area contributed by atoms with E-state index in [1.807, 2.05) is 12.4 Å². The van der Waals surface area contributed by atoms with E-state index in [4.69, 9.17) is 0 Å². The molecule has 1 amide bonds. The first-order valence-electron chi connectivity index (χ1n) is 5.88. The molecule has 0 aliphatic heterocycles. The highest BCUT2D eigenvalue weighted by molar-refractivity contribution is 7.09. The normalized spacial score (nSPS) is 12.8. The molecule has 0 aliphatic rings. The van der Waals surface area contributed by atoms with Gasteiger partial charge in [0, 0.05) is 18.5 Å². The zero-order chi connectivity index (χ0) is 12.8. The molecule has 1 rings (SSSR count). The highest BCUT2D eigenvalue weighted by Gasteiger charge is 2.18. The average molecular weight is 255 g/mol. The summed E-state index contributed by atoms with van der Waals surface area (Å²) in [7, 11) is 1.68. The van der Waals surface area contributed by atoms with Crippen LogP contribution in [-0.4, -0.2) is 24.0 Å². The second-order valence-corrected chi connectivity index (χ2v) is 5.48. The third-order valence-electron chi connectivity index (χ3n) is 2.62. The lowest BCUT2D eigenvalue weighted by Crippen LogP contribution is -2.43. The molecule has 0 radical (unpaired) electrons. The van der Waals surface area contributed by atoms with Gasteiger partial charge in [-0.15, -0.1) is 11.3 Å². The Labute approximate surface area is 107 Å². The van der Waals surface area contributed by atoms with Gasteiger partial charge in [0.1, 0.15) is 0 Å². The Bertz CT molecular complexity index is 362. The van der Waals surface area contributed by atoms with Crippen LogP contribution in [0.3, 0.4) is 0 Å². The molecular weight excluding hydrogens is 234 g/mol. The average Bonchev–Trinajstić information content (AvgIpc) is 2.68. The minimum absolute atomic E-state index is 0.0564. The van der Waals surface area contributed by atoms with Gasteiger partial charge in [-0.2, -0.15) is 0 Å². The first-order chi connectivity index (χ1) is 8.04. The van der Waals surface area contributed by atoms with Crippen LogP contribution < -0.4 is 10.6 Å². The van der Waals surface area contributed by atoms with Crippen molar-refractivity contribution >= 4 is 17.2 Å². The Kier molecular flexibility index (Phi) is 5.58. The summed E-state index contributed by atoms with van der Waals surface area (Å²) in [5.74, 6) is 0.549. The van der Waals surface area contributed by atoms with Crippen molar-refractivity contribution < 1.29 is 4.79 Å². The molecule has 0 saturated heterocycles. The van der Waals surface area contributed by atoms with Gasteiger partial charge in [-0.25, -0.2) is 4.98 Å². The van der Waals surface area contributed by atoms with E-state index >= 15 is 0 Å². The molecule has 0 bridgehead atoms. The van der Waals surface area contributed by atoms with Crippen molar-refractivity contribution in [2.24, 2.45) is 5.92 Å². The van der Waals surface area contributed by atoms with E-state index in [2.05, 4.69) is 29.5 Å². The molecule has 1 aromatic rings. The minimum atomic E-state index is -0.124. The lowest BCUT2D eigenvalue weighted by Gasteiger charge is -2.18. The van der Waals surface area contributed by atoms with E-state index in [-0.39, 0.29) is 11.9 Å². The second-order valence-electron chi connectivity index (χ2n) is 4.54. The fourth-order valence-corrected chi connectivity index (χ4v) is 2.37. The van der Waals surface area contributed by atoms with Crippen LogP contribution in [0.4, 0.5) is 0 Å². The van der Waals surface area contributed by atoms with Crippen molar-refractivity contribution in [3.05, 3.63) is 16.1 Å². The standard InChI is InChI=1S/C12H21N3OS/c1-8(2)5-10(12(16)13-4)14-6-11-9(3)15-7-17-11/h7-8,10,14H,5-6H2,1-4H3,(H,13,16). The number of hydrogen-bond donors (Lipinski definition) is 2. The van der Waals surface area contributed by atoms with Gasteiger partial charge in [0.15, 0.2) is 0 Å². The van der Waals surface area contributed by atoms with E-state index in [1.165, 1.54) is 4.88 Å². The maximum absolute atomic E-state index is 11.7. The quantitative estimate of drug-likeness (QED) is 0.813. The Hall–Kier alpha value is -0.940. The number of carbonyl (C=O) groups excluding carboxylic acids is 1. The second kappa shape index (κ2) is 6.71. The van der Waals surface area contributed by atoms with Gasteiger partial charge < -0.3 is 10.6 Å². The molecule has 1 atom stereocenters. The van der Waals surface area contributed by atoms with Crippen molar-refractivity contribution in [3.63, 3.8) is 0 Å². The highest BCUT2D eigenvalue weighted by atomic mass is 32.1. The number of likely N-dealkylation sites (N-methyl/N-ethyl adjacent to an activating group) is 1. The number of aryl methyl sites for hydroxylation is 1. The zero-order valence-electron chi connectivity index (χ0n) is 10.9. The molecule has 5 heteroatoms. The number of rotatable bonds is 6. The summed E-state index contributed by atoms with van der Waals surface area (Å²) in [6.45, 7) is 6.94. The van der Waals surface area contributed by atoms with E-state index in [0.29, 0.717) is 12.5 Å². The molecule has 0 spiro atoms. The molecule has 1 unspecified atom stereocenters. The molecule has 17 heavy (non-hydrogen) atoms. The fraction of sp³-hybridized carbons (Fsp3) is 0.667. The van der Waals surface area contributed by atoms with Crippen molar-refractivity contribution in [2.45, 2.75) is 39.8 Å². The number of aromatic nitrogens is 1. The number of nitrogens with zero attached hydrogens (tertiary/aromatic N) is 1. The van der Waals surface area contributed by atoms with E-state index in [1.54, 1.807) is 18.4 Å².